The summed E-state index contributed by atoms with van der Waals surface area (Å²) in [6.07, 6.45) is 3.00. The van der Waals surface area contributed by atoms with Gasteiger partial charge in [0, 0.05) is 23.8 Å². The molecule has 33 heavy (non-hydrogen) atoms. The zero-order valence-electron chi connectivity index (χ0n) is 18.4. The van der Waals surface area contributed by atoms with E-state index in [-0.39, 0.29) is 47.7 Å². The first-order valence-corrected chi connectivity index (χ1v) is 13.2. The molecule has 0 aromatic heterocycles. The van der Waals surface area contributed by atoms with Crippen molar-refractivity contribution < 1.29 is 31.6 Å². The highest BCUT2D eigenvalue weighted by molar-refractivity contribution is 7.90. The maximum absolute atomic E-state index is 15.5. The van der Waals surface area contributed by atoms with Crippen molar-refractivity contribution in [3.05, 3.63) is 34.4 Å². The van der Waals surface area contributed by atoms with E-state index in [4.69, 9.17) is 0 Å². The lowest BCUT2D eigenvalue weighted by Crippen LogP contribution is -2.52. The SMILES string of the molecule is CS(=O)(=O)CCCN1CCC(c2c(F)cc3c(c2F)CN(C2CCC(=O)NC2=O)C3=O)CC1. The molecule has 2 fully saturated rings. The van der Waals surface area contributed by atoms with Crippen LogP contribution in [0.2, 0.25) is 0 Å². The number of fused-ring (bicyclic) bond motifs is 1. The van der Waals surface area contributed by atoms with Crippen LogP contribution >= 0.6 is 0 Å². The Kier molecular flexibility index (Phi) is 6.54. The van der Waals surface area contributed by atoms with Gasteiger partial charge in [-0.2, -0.15) is 0 Å². The summed E-state index contributed by atoms with van der Waals surface area (Å²) in [6, 6.07) is 0.184. The number of halogens is 2. The Balaban J connectivity index is 1.46. The van der Waals surface area contributed by atoms with Crippen LogP contribution in [-0.2, 0) is 26.0 Å². The molecule has 1 N–H and O–H groups in total. The number of hydrogen-bond acceptors (Lipinski definition) is 6. The maximum atomic E-state index is 15.5. The second-order valence-electron chi connectivity index (χ2n) is 9.11. The third-order valence-corrected chi connectivity index (χ3v) is 7.78. The second-order valence-corrected chi connectivity index (χ2v) is 11.4. The van der Waals surface area contributed by atoms with Crippen LogP contribution in [0, 0.1) is 11.6 Å². The fraction of sp³-hybridized carbons (Fsp3) is 0.591. The van der Waals surface area contributed by atoms with Gasteiger partial charge in [-0.1, -0.05) is 0 Å². The van der Waals surface area contributed by atoms with Crippen LogP contribution < -0.4 is 5.32 Å². The number of piperidine rings is 2. The maximum Gasteiger partial charge on any atom is 0.255 e. The minimum atomic E-state index is -3.02. The van der Waals surface area contributed by atoms with Gasteiger partial charge in [0.1, 0.15) is 27.5 Å². The molecule has 1 aromatic rings. The average molecular weight is 484 g/mol. The number of carbonyl (C=O) groups excluding carboxylic acids is 3. The molecular weight excluding hydrogens is 456 g/mol. The van der Waals surface area contributed by atoms with E-state index in [1.807, 2.05) is 0 Å². The lowest BCUT2D eigenvalue weighted by atomic mass is 9.86. The van der Waals surface area contributed by atoms with E-state index < -0.39 is 45.2 Å². The summed E-state index contributed by atoms with van der Waals surface area (Å²) in [5.74, 6) is -3.35. The fourth-order valence-corrected chi connectivity index (χ4v) is 5.67. The molecule has 11 heteroatoms. The van der Waals surface area contributed by atoms with Crippen LogP contribution in [0.4, 0.5) is 8.78 Å². The Morgan fingerprint density at radius 3 is 2.45 bits per heavy atom. The molecule has 1 atom stereocenters. The molecular formula is C22H27F2N3O5S. The number of carbonyl (C=O) groups is 3. The third-order valence-electron chi connectivity index (χ3n) is 6.75. The molecule has 8 nitrogen and oxygen atoms in total. The minimum Gasteiger partial charge on any atom is -0.322 e. The van der Waals surface area contributed by atoms with Crippen LogP contribution in [0.1, 0.15) is 59.5 Å². The van der Waals surface area contributed by atoms with Crippen molar-refractivity contribution in [2.45, 2.75) is 50.6 Å². The Morgan fingerprint density at radius 1 is 1.12 bits per heavy atom. The lowest BCUT2D eigenvalue weighted by molar-refractivity contribution is -0.136. The summed E-state index contributed by atoms with van der Waals surface area (Å²) >= 11 is 0. The molecule has 0 aliphatic carbocycles. The first kappa shape index (κ1) is 23.7. The first-order valence-electron chi connectivity index (χ1n) is 11.1. The smallest absolute Gasteiger partial charge is 0.255 e. The molecule has 4 rings (SSSR count). The Hall–Kier alpha value is -2.40. The summed E-state index contributed by atoms with van der Waals surface area (Å²) in [6.45, 7) is 1.69. The number of likely N-dealkylation sites (tertiary alicyclic amines) is 1. The van der Waals surface area contributed by atoms with E-state index in [1.54, 1.807) is 0 Å². The molecule has 0 spiro atoms. The number of rotatable bonds is 6. The Bertz CT molecular complexity index is 1100. The van der Waals surface area contributed by atoms with Crippen molar-refractivity contribution in [3.8, 4) is 0 Å². The molecule has 1 unspecified atom stereocenters. The van der Waals surface area contributed by atoms with Gasteiger partial charge in [0.05, 0.1) is 17.9 Å². The normalized spacial score (nSPS) is 22.6. The molecule has 3 aliphatic heterocycles. The largest absolute Gasteiger partial charge is 0.322 e. The van der Waals surface area contributed by atoms with Gasteiger partial charge in [-0.3, -0.25) is 19.7 Å². The third kappa shape index (κ3) is 4.93. The van der Waals surface area contributed by atoms with Gasteiger partial charge in [0.25, 0.3) is 5.91 Å². The van der Waals surface area contributed by atoms with Gasteiger partial charge in [0.2, 0.25) is 11.8 Å². The van der Waals surface area contributed by atoms with Gasteiger partial charge < -0.3 is 9.80 Å². The van der Waals surface area contributed by atoms with Crippen molar-refractivity contribution in [1.29, 1.82) is 0 Å². The number of hydrogen-bond donors (Lipinski definition) is 1. The number of amides is 3. The molecule has 3 aliphatic rings. The minimum absolute atomic E-state index is 0.0255. The van der Waals surface area contributed by atoms with Crippen molar-refractivity contribution in [2.24, 2.45) is 0 Å². The highest BCUT2D eigenvalue weighted by Gasteiger charge is 2.42. The standard InChI is InChI=1S/C22H27F2N3O5S/c1-33(31,32)10-2-7-26-8-5-13(6-9-26)19-16(23)11-14-15(20(19)24)12-27(22(14)30)17-3-4-18(28)25-21(17)29/h11,13,17H,2-10,12H2,1H3,(H,25,28,29). The summed E-state index contributed by atoms with van der Waals surface area (Å²) < 4.78 is 53.0. The number of nitrogens with zero attached hydrogens (tertiary/aromatic N) is 2. The van der Waals surface area contributed by atoms with Gasteiger partial charge in [-0.15, -0.1) is 0 Å². The highest BCUT2D eigenvalue weighted by Crippen LogP contribution is 2.38. The predicted octanol–water partition coefficient (Wildman–Crippen LogP) is 1.34. The van der Waals surface area contributed by atoms with E-state index in [1.165, 1.54) is 11.2 Å². The van der Waals surface area contributed by atoms with Crippen LogP contribution in [0.15, 0.2) is 6.07 Å². The molecule has 3 heterocycles. The monoisotopic (exact) mass is 483 g/mol. The second kappa shape index (κ2) is 9.09. The van der Waals surface area contributed by atoms with Crippen LogP contribution in [0.5, 0.6) is 0 Å². The Labute approximate surface area is 191 Å². The van der Waals surface area contributed by atoms with Crippen molar-refractivity contribution in [1.82, 2.24) is 15.1 Å². The predicted molar refractivity (Wildman–Crippen MR) is 115 cm³/mol. The number of imide groups is 1. The molecule has 0 saturated carbocycles. The summed E-state index contributed by atoms with van der Waals surface area (Å²) in [5.41, 5.74) is -0.00389. The van der Waals surface area contributed by atoms with Crippen molar-refractivity contribution in [3.63, 3.8) is 0 Å². The van der Waals surface area contributed by atoms with Gasteiger partial charge in [-0.25, -0.2) is 17.2 Å². The lowest BCUT2D eigenvalue weighted by Gasteiger charge is -2.32. The van der Waals surface area contributed by atoms with E-state index >= 15 is 4.39 Å². The zero-order valence-corrected chi connectivity index (χ0v) is 19.2. The molecule has 1 aromatic carbocycles. The van der Waals surface area contributed by atoms with E-state index in [2.05, 4.69) is 10.2 Å². The summed E-state index contributed by atoms with van der Waals surface area (Å²) in [7, 11) is -3.02. The average Bonchev–Trinajstić information content (AvgIpc) is 3.05. The molecule has 0 bridgehead atoms. The summed E-state index contributed by atoms with van der Waals surface area (Å²) in [4.78, 5) is 39.7. The van der Waals surface area contributed by atoms with E-state index in [0.717, 1.165) is 6.07 Å². The number of sulfone groups is 1. The molecule has 180 valence electrons. The van der Waals surface area contributed by atoms with Crippen molar-refractivity contribution >= 4 is 27.6 Å². The van der Waals surface area contributed by atoms with Crippen LogP contribution in [-0.4, -0.2) is 73.6 Å². The summed E-state index contributed by atoms with van der Waals surface area (Å²) in [5, 5.41) is 2.19. The van der Waals surface area contributed by atoms with E-state index in [0.29, 0.717) is 38.9 Å². The quantitative estimate of drug-likeness (QED) is 0.613. The number of nitrogens with one attached hydrogen (secondary N) is 1. The topological polar surface area (TPSA) is 104 Å². The fourth-order valence-electron chi connectivity index (χ4n) is 5.02. The van der Waals surface area contributed by atoms with Crippen LogP contribution in [0.3, 0.4) is 0 Å². The number of benzene rings is 1. The Morgan fingerprint density at radius 2 is 1.82 bits per heavy atom. The van der Waals surface area contributed by atoms with Crippen molar-refractivity contribution in [2.75, 3.05) is 31.6 Å². The highest BCUT2D eigenvalue weighted by atomic mass is 32.2. The first-order chi connectivity index (χ1) is 15.5. The molecule has 2 saturated heterocycles. The van der Waals surface area contributed by atoms with Crippen LogP contribution in [0.25, 0.3) is 0 Å². The van der Waals surface area contributed by atoms with Gasteiger partial charge in [0.15, 0.2) is 0 Å². The molecule has 0 radical (unpaired) electrons. The van der Waals surface area contributed by atoms with Gasteiger partial charge in [-0.05, 0) is 57.3 Å². The van der Waals surface area contributed by atoms with E-state index in [9.17, 15) is 27.2 Å². The zero-order chi connectivity index (χ0) is 23.9. The van der Waals surface area contributed by atoms with Gasteiger partial charge >= 0.3 is 0 Å². The molecule has 3 amide bonds.